The molecule has 4 nitrogen and oxygen atoms in total. The molecule has 2 rings (SSSR count). The fourth-order valence-corrected chi connectivity index (χ4v) is 4.57. The SMILES string of the molecule is CC1C2CC(C(CC(=O)OC(C)(C)C)OC(=O)C(C)(C)C)C(C2)C1C. The molecule has 144 valence electrons. The van der Waals surface area contributed by atoms with Gasteiger partial charge in [0.25, 0.3) is 0 Å². The monoisotopic (exact) mass is 352 g/mol. The molecule has 0 aliphatic heterocycles. The highest BCUT2D eigenvalue weighted by Crippen LogP contribution is 2.56. The summed E-state index contributed by atoms with van der Waals surface area (Å²) in [6, 6.07) is 0. The average molecular weight is 353 g/mol. The lowest BCUT2D eigenvalue weighted by molar-refractivity contribution is -0.170. The smallest absolute Gasteiger partial charge is 0.311 e. The number of hydrogen-bond donors (Lipinski definition) is 0. The molecule has 2 fully saturated rings. The summed E-state index contributed by atoms with van der Waals surface area (Å²) < 4.78 is 11.4. The van der Waals surface area contributed by atoms with Gasteiger partial charge in [0.05, 0.1) is 11.8 Å². The van der Waals surface area contributed by atoms with E-state index in [1.54, 1.807) is 0 Å². The Balaban J connectivity index is 2.13. The Kier molecular flexibility index (Phi) is 5.61. The van der Waals surface area contributed by atoms with Gasteiger partial charge in [0.15, 0.2) is 0 Å². The van der Waals surface area contributed by atoms with Crippen LogP contribution in [0.4, 0.5) is 0 Å². The van der Waals surface area contributed by atoms with Gasteiger partial charge in [-0.3, -0.25) is 9.59 Å². The standard InChI is InChI=1S/C21H36O4/c1-12-13(2)15-9-14(12)10-16(15)17(24-19(23)20(3,4)5)11-18(22)25-21(6,7)8/h12-17H,9-11H2,1-8H3. The Labute approximate surface area is 153 Å². The average Bonchev–Trinajstić information content (AvgIpc) is 2.96. The van der Waals surface area contributed by atoms with E-state index in [4.69, 9.17) is 9.47 Å². The van der Waals surface area contributed by atoms with Crippen LogP contribution in [0.25, 0.3) is 0 Å². The Morgan fingerprint density at radius 1 is 1.00 bits per heavy atom. The van der Waals surface area contributed by atoms with Crippen molar-refractivity contribution in [1.29, 1.82) is 0 Å². The summed E-state index contributed by atoms with van der Waals surface area (Å²) >= 11 is 0. The Hall–Kier alpha value is -1.06. The van der Waals surface area contributed by atoms with Gasteiger partial charge in [0.1, 0.15) is 11.7 Å². The summed E-state index contributed by atoms with van der Waals surface area (Å²) in [5.74, 6) is 2.35. The van der Waals surface area contributed by atoms with Crippen LogP contribution >= 0.6 is 0 Å². The van der Waals surface area contributed by atoms with Gasteiger partial charge < -0.3 is 9.47 Å². The van der Waals surface area contributed by atoms with Crippen LogP contribution in [-0.4, -0.2) is 23.6 Å². The number of hydrogen-bond acceptors (Lipinski definition) is 4. The number of ether oxygens (including phenoxy) is 2. The molecule has 0 saturated heterocycles. The summed E-state index contributed by atoms with van der Waals surface area (Å²) in [7, 11) is 0. The van der Waals surface area contributed by atoms with Crippen molar-refractivity contribution in [3.05, 3.63) is 0 Å². The first-order valence-electron chi connectivity index (χ1n) is 9.72. The van der Waals surface area contributed by atoms with Crippen molar-refractivity contribution in [1.82, 2.24) is 0 Å². The van der Waals surface area contributed by atoms with Crippen LogP contribution in [-0.2, 0) is 19.1 Å². The number of esters is 2. The third-order valence-corrected chi connectivity index (χ3v) is 6.08. The lowest BCUT2D eigenvalue weighted by Crippen LogP contribution is -2.40. The molecule has 0 aromatic heterocycles. The van der Waals surface area contributed by atoms with E-state index >= 15 is 0 Å². The van der Waals surface area contributed by atoms with E-state index in [1.807, 2.05) is 41.5 Å². The van der Waals surface area contributed by atoms with E-state index < -0.39 is 11.0 Å². The maximum Gasteiger partial charge on any atom is 0.311 e. The molecule has 2 bridgehead atoms. The van der Waals surface area contributed by atoms with Crippen molar-refractivity contribution in [3.8, 4) is 0 Å². The number of carbonyl (C=O) groups is 2. The molecule has 0 spiro atoms. The third-order valence-electron chi connectivity index (χ3n) is 6.08. The second kappa shape index (κ2) is 6.92. The zero-order valence-corrected chi connectivity index (χ0v) is 17.2. The van der Waals surface area contributed by atoms with Gasteiger partial charge in [-0.05, 0) is 84.0 Å². The van der Waals surface area contributed by atoms with Crippen molar-refractivity contribution >= 4 is 11.9 Å². The topological polar surface area (TPSA) is 52.6 Å². The first kappa shape index (κ1) is 20.3. The van der Waals surface area contributed by atoms with Gasteiger partial charge >= 0.3 is 11.9 Å². The molecule has 6 atom stereocenters. The van der Waals surface area contributed by atoms with E-state index in [0.717, 1.165) is 12.3 Å². The van der Waals surface area contributed by atoms with Gasteiger partial charge in [-0.1, -0.05) is 13.8 Å². The highest BCUT2D eigenvalue weighted by atomic mass is 16.6. The van der Waals surface area contributed by atoms with E-state index in [1.165, 1.54) is 6.42 Å². The molecule has 2 aliphatic rings. The molecule has 4 heteroatoms. The second-order valence-electron chi connectivity index (χ2n) is 10.3. The summed E-state index contributed by atoms with van der Waals surface area (Å²) in [4.78, 5) is 24.9. The van der Waals surface area contributed by atoms with Crippen LogP contribution in [0.5, 0.6) is 0 Å². The van der Waals surface area contributed by atoms with E-state index in [-0.39, 0.29) is 30.4 Å². The lowest BCUT2D eigenvalue weighted by Gasteiger charge is -2.37. The molecular formula is C21H36O4. The fraction of sp³-hybridized carbons (Fsp3) is 0.905. The minimum absolute atomic E-state index is 0.161. The van der Waals surface area contributed by atoms with Crippen molar-refractivity contribution in [2.75, 3.05) is 0 Å². The fourth-order valence-electron chi connectivity index (χ4n) is 4.57. The molecule has 2 aliphatic carbocycles. The van der Waals surface area contributed by atoms with Gasteiger partial charge in [0, 0.05) is 0 Å². The Morgan fingerprint density at radius 3 is 2.04 bits per heavy atom. The molecule has 0 aromatic carbocycles. The Morgan fingerprint density at radius 2 is 1.60 bits per heavy atom. The van der Waals surface area contributed by atoms with E-state index in [9.17, 15) is 9.59 Å². The number of rotatable bonds is 4. The molecule has 25 heavy (non-hydrogen) atoms. The van der Waals surface area contributed by atoms with Crippen molar-refractivity contribution in [3.63, 3.8) is 0 Å². The highest BCUT2D eigenvalue weighted by Gasteiger charge is 2.52. The van der Waals surface area contributed by atoms with E-state index in [2.05, 4.69) is 13.8 Å². The lowest BCUT2D eigenvalue weighted by atomic mass is 9.73. The van der Waals surface area contributed by atoms with Crippen LogP contribution in [0.1, 0.15) is 74.7 Å². The maximum atomic E-state index is 12.5. The van der Waals surface area contributed by atoms with Gasteiger partial charge in [0.2, 0.25) is 0 Å². The summed E-state index contributed by atoms with van der Waals surface area (Å²) in [5, 5.41) is 0. The van der Waals surface area contributed by atoms with Gasteiger partial charge in [-0.25, -0.2) is 0 Å². The molecule has 0 N–H and O–H groups in total. The van der Waals surface area contributed by atoms with Crippen LogP contribution in [0.2, 0.25) is 0 Å². The normalized spacial score (nSPS) is 33.2. The van der Waals surface area contributed by atoms with Crippen LogP contribution in [0.3, 0.4) is 0 Å². The first-order chi connectivity index (χ1) is 11.3. The van der Waals surface area contributed by atoms with Crippen LogP contribution in [0.15, 0.2) is 0 Å². The summed E-state index contributed by atoms with van der Waals surface area (Å²) in [5.41, 5.74) is -1.09. The highest BCUT2D eigenvalue weighted by molar-refractivity contribution is 5.76. The van der Waals surface area contributed by atoms with Crippen LogP contribution in [0, 0.1) is 35.0 Å². The largest absolute Gasteiger partial charge is 0.461 e. The van der Waals surface area contributed by atoms with Gasteiger partial charge in [-0.2, -0.15) is 0 Å². The zero-order valence-electron chi connectivity index (χ0n) is 17.2. The van der Waals surface area contributed by atoms with Crippen molar-refractivity contribution in [2.45, 2.75) is 86.4 Å². The molecule has 6 unspecified atom stereocenters. The van der Waals surface area contributed by atoms with Crippen molar-refractivity contribution < 1.29 is 19.1 Å². The minimum Gasteiger partial charge on any atom is -0.461 e. The Bertz CT molecular complexity index is 509. The van der Waals surface area contributed by atoms with Crippen LogP contribution < -0.4 is 0 Å². The molecule has 2 saturated carbocycles. The quantitative estimate of drug-likeness (QED) is 0.694. The molecule has 0 amide bonds. The zero-order chi connectivity index (χ0) is 19.2. The molecule has 0 radical (unpaired) electrons. The molecule has 0 aromatic rings. The summed E-state index contributed by atoms with van der Waals surface area (Å²) in [6.45, 7) is 15.8. The second-order valence-corrected chi connectivity index (χ2v) is 10.3. The molecule has 0 heterocycles. The first-order valence-corrected chi connectivity index (χ1v) is 9.72. The third kappa shape index (κ3) is 4.77. The van der Waals surface area contributed by atoms with Crippen molar-refractivity contribution in [2.24, 2.45) is 35.0 Å². The maximum absolute atomic E-state index is 12.5. The predicted molar refractivity (Wildman–Crippen MR) is 97.8 cm³/mol. The van der Waals surface area contributed by atoms with E-state index in [0.29, 0.717) is 17.8 Å². The minimum atomic E-state index is -0.567. The summed E-state index contributed by atoms with van der Waals surface area (Å²) in [6.07, 6.45) is 2.05. The van der Waals surface area contributed by atoms with Gasteiger partial charge in [-0.15, -0.1) is 0 Å². The number of fused-ring (bicyclic) bond motifs is 2. The predicted octanol–water partition coefficient (Wildman–Crippen LogP) is 4.60. The molecular weight excluding hydrogens is 316 g/mol. The number of carbonyl (C=O) groups excluding carboxylic acids is 2.